The van der Waals surface area contributed by atoms with Gasteiger partial charge in [0, 0.05) is 20.0 Å². The van der Waals surface area contributed by atoms with E-state index in [1.54, 1.807) is 7.11 Å². The van der Waals surface area contributed by atoms with Crippen LogP contribution in [0.1, 0.15) is 45.4 Å². The summed E-state index contributed by atoms with van der Waals surface area (Å²) in [7, 11) is 1.72. The molecule has 0 aliphatic heterocycles. The fourth-order valence-electron chi connectivity index (χ4n) is 1.75. The van der Waals surface area contributed by atoms with Crippen LogP contribution in [0.3, 0.4) is 0 Å². The van der Waals surface area contributed by atoms with Gasteiger partial charge in [-0.1, -0.05) is 6.92 Å². The molecule has 0 atom stereocenters. The van der Waals surface area contributed by atoms with Gasteiger partial charge in [0.1, 0.15) is 5.78 Å². The molecule has 1 fully saturated rings. The fraction of sp³-hybridized carbons (Fsp3) is 0.900. The summed E-state index contributed by atoms with van der Waals surface area (Å²) in [6.45, 7) is 2.04. The van der Waals surface area contributed by atoms with Gasteiger partial charge in [0.2, 0.25) is 0 Å². The summed E-state index contributed by atoms with van der Waals surface area (Å²) in [5.41, 5.74) is -0.0632. The van der Waals surface area contributed by atoms with Crippen LogP contribution in [-0.2, 0) is 9.53 Å². The molecule has 0 saturated heterocycles. The molecule has 2 nitrogen and oxygen atoms in total. The molecule has 0 aromatic carbocycles. The predicted octanol–water partition coefficient (Wildman–Crippen LogP) is 2.31. The lowest BCUT2D eigenvalue weighted by atomic mass is 9.76. The summed E-state index contributed by atoms with van der Waals surface area (Å²) in [4.78, 5) is 11.3. The van der Waals surface area contributed by atoms with E-state index in [1.807, 2.05) is 6.92 Å². The maximum atomic E-state index is 11.3. The summed E-state index contributed by atoms with van der Waals surface area (Å²) in [6, 6.07) is 0. The monoisotopic (exact) mass is 170 g/mol. The molecular formula is C10H18O2. The van der Waals surface area contributed by atoms with Gasteiger partial charge in [-0.15, -0.1) is 0 Å². The Morgan fingerprint density at radius 1 is 1.50 bits per heavy atom. The summed E-state index contributed by atoms with van der Waals surface area (Å²) in [6.07, 6.45) is 5.66. The molecule has 0 unspecified atom stereocenters. The molecule has 0 heterocycles. The maximum Gasteiger partial charge on any atom is 0.135 e. The highest BCUT2D eigenvalue weighted by atomic mass is 16.5. The summed E-state index contributed by atoms with van der Waals surface area (Å²) >= 11 is 0. The van der Waals surface area contributed by atoms with Gasteiger partial charge < -0.3 is 4.74 Å². The highest BCUT2D eigenvalue weighted by Gasteiger charge is 2.38. The highest BCUT2D eigenvalue weighted by molar-refractivity contribution is 5.79. The summed E-state index contributed by atoms with van der Waals surface area (Å²) in [5.74, 6) is 0.360. The number of rotatable bonds is 5. The van der Waals surface area contributed by atoms with E-state index < -0.39 is 0 Å². The van der Waals surface area contributed by atoms with E-state index in [4.69, 9.17) is 4.74 Å². The minimum atomic E-state index is -0.0632. The molecule has 0 bridgehead atoms. The number of hydrogen-bond donors (Lipinski definition) is 0. The van der Waals surface area contributed by atoms with E-state index in [-0.39, 0.29) is 5.60 Å². The van der Waals surface area contributed by atoms with Gasteiger partial charge in [-0.25, -0.2) is 0 Å². The van der Waals surface area contributed by atoms with E-state index in [1.165, 1.54) is 6.42 Å². The van der Waals surface area contributed by atoms with Crippen LogP contribution in [0.15, 0.2) is 0 Å². The lowest BCUT2D eigenvalue weighted by molar-refractivity contribution is -0.132. The standard InChI is InChI=1S/C10H18O2/c1-3-5-9(11)8-10(12-2)6-4-7-10/h3-8H2,1-2H3. The van der Waals surface area contributed by atoms with Crippen LogP contribution in [0.4, 0.5) is 0 Å². The molecule has 1 aliphatic rings. The molecule has 0 spiro atoms. The van der Waals surface area contributed by atoms with Crippen LogP contribution in [-0.4, -0.2) is 18.5 Å². The van der Waals surface area contributed by atoms with Crippen LogP contribution in [0.5, 0.6) is 0 Å². The third kappa shape index (κ3) is 2.07. The number of ketones is 1. The van der Waals surface area contributed by atoms with Crippen LogP contribution in [0, 0.1) is 0 Å². The zero-order valence-corrected chi connectivity index (χ0v) is 8.06. The average molecular weight is 170 g/mol. The Morgan fingerprint density at radius 3 is 2.50 bits per heavy atom. The fourth-order valence-corrected chi connectivity index (χ4v) is 1.75. The minimum Gasteiger partial charge on any atom is -0.378 e. The highest BCUT2D eigenvalue weighted by Crippen LogP contribution is 2.38. The second-order valence-electron chi connectivity index (χ2n) is 3.71. The number of carbonyl (C=O) groups is 1. The molecule has 2 heteroatoms. The van der Waals surface area contributed by atoms with Crippen LogP contribution in [0.2, 0.25) is 0 Å². The van der Waals surface area contributed by atoms with Crippen molar-refractivity contribution in [3.63, 3.8) is 0 Å². The zero-order valence-electron chi connectivity index (χ0n) is 8.06. The smallest absolute Gasteiger partial charge is 0.135 e. The van der Waals surface area contributed by atoms with Crippen molar-refractivity contribution in [1.29, 1.82) is 0 Å². The molecule has 0 amide bonds. The third-order valence-electron chi connectivity index (χ3n) is 2.75. The largest absolute Gasteiger partial charge is 0.378 e. The van der Waals surface area contributed by atoms with Crippen molar-refractivity contribution >= 4 is 5.78 Å². The third-order valence-corrected chi connectivity index (χ3v) is 2.75. The van der Waals surface area contributed by atoms with Crippen molar-refractivity contribution in [3.05, 3.63) is 0 Å². The summed E-state index contributed by atoms with van der Waals surface area (Å²) in [5, 5.41) is 0. The van der Waals surface area contributed by atoms with Gasteiger partial charge in [-0.3, -0.25) is 4.79 Å². The van der Waals surface area contributed by atoms with E-state index in [9.17, 15) is 4.79 Å². The molecule has 1 saturated carbocycles. The van der Waals surface area contributed by atoms with E-state index in [0.29, 0.717) is 18.6 Å². The first kappa shape index (κ1) is 9.72. The Balaban J connectivity index is 2.32. The Hall–Kier alpha value is -0.370. The summed E-state index contributed by atoms with van der Waals surface area (Å²) < 4.78 is 5.37. The normalized spacial score (nSPS) is 20.2. The molecule has 12 heavy (non-hydrogen) atoms. The van der Waals surface area contributed by atoms with E-state index in [0.717, 1.165) is 19.3 Å². The maximum absolute atomic E-state index is 11.3. The molecule has 70 valence electrons. The van der Waals surface area contributed by atoms with E-state index >= 15 is 0 Å². The van der Waals surface area contributed by atoms with Gasteiger partial charge >= 0.3 is 0 Å². The number of ether oxygens (including phenoxy) is 1. The molecule has 1 rings (SSSR count). The topological polar surface area (TPSA) is 26.3 Å². The Bertz CT molecular complexity index is 154. The van der Waals surface area contributed by atoms with Gasteiger partial charge in [-0.2, -0.15) is 0 Å². The second kappa shape index (κ2) is 4.04. The molecular weight excluding hydrogens is 152 g/mol. The number of methoxy groups -OCH3 is 1. The first-order chi connectivity index (χ1) is 5.72. The number of Topliss-reactive ketones (excluding diaryl/α,β-unsaturated/α-hetero) is 1. The Labute approximate surface area is 74.3 Å². The van der Waals surface area contributed by atoms with Crippen molar-refractivity contribution in [3.8, 4) is 0 Å². The molecule has 1 aliphatic carbocycles. The van der Waals surface area contributed by atoms with Crippen LogP contribution >= 0.6 is 0 Å². The quantitative estimate of drug-likeness (QED) is 0.633. The lowest BCUT2D eigenvalue weighted by Crippen LogP contribution is -2.41. The van der Waals surface area contributed by atoms with E-state index in [2.05, 4.69) is 0 Å². The molecule has 0 N–H and O–H groups in total. The van der Waals surface area contributed by atoms with Crippen molar-refractivity contribution in [2.75, 3.05) is 7.11 Å². The minimum absolute atomic E-state index is 0.0632. The van der Waals surface area contributed by atoms with Crippen molar-refractivity contribution in [1.82, 2.24) is 0 Å². The van der Waals surface area contributed by atoms with Gasteiger partial charge in [0.15, 0.2) is 0 Å². The van der Waals surface area contributed by atoms with Gasteiger partial charge in [0.25, 0.3) is 0 Å². The van der Waals surface area contributed by atoms with Gasteiger partial charge in [0.05, 0.1) is 5.60 Å². The van der Waals surface area contributed by atoms with Crippen molar-refractivity contribution in [2.24, 2.45) is 0 Å². The Kier molecular flexibility index (Phi) is 3.27. The van der Waals surface area contributed by atoms with Gasteiger partial charge in [-0.05, 0) is 25.7 Å². The first-order valence-electron chi connectivity index (χ1n) is 4.79. The Morgan fingerprint density at radius 2 is 2.17 bits per heavy atom. The number of hydrogen-bond acceptors (Lipinski definition) is 2. The molecule has 0 aromatic heterocycles. The van der Waals surface area contributed by atoms with Crippen molar-refractivity contribution in [2.45, 2.75) is 51.0 Å². The molecule has 0 radical (unpaired) electrons. The molecule has 0 aromatic rings. The predicted molar refractivity (Wildman–Crippen MR) is 48.1 cm³/mol. The van der Waals surface area contributed by atoms with Crippen molar-refractivity contribution < 1.29 is 9.53 Å². The number of carbonyl (C=O) groups excluding carboxylic acids is 1. The zero-order chi connectivity index (χ0) is 9.03. The van der Waals surface area contributed by atoms with Crippen LogP contribution < -0.4 is 0 Å². The second-order valence-corrected chi connectivity index (χ2v) is 3.71. The first-order valence-corrected chi connectivity index (χ1v) is 4.79. The SMILES string of the molecule is CCCC(=O)CC1(OC)CCC1. The lowest BCUT2D eigenvalue weighted by Gasteiger charge is -2.40. The average Bonchev–Trinajstić information content (AvgIpc) is 1.97. The van der Waals surface area contributed by atoms with Crippen LogP contribution in [0.25, 0.3) is 0 Å².